The third-order valence-corrected chi connectivity index (χ3v) is 4.15. The second kappa shape index (κ2) is 7.78. The first-order chi connectivity index (χ1) is 8.94. The molecule has 0 bridgehead atoms. The summed E-state index contributed by atoms with van der Waals surface area (Å²) in [5.74, 6) is 0.683. The van der Waals surface area contributed by atoms with E-state index >= 15 is 0 Å². The second-order valence-electron chi connectivity index (χ2n) is 4.93. The second-order valence-corrected chi connectivity index (χ2v) is 6.48. The molecule has 1 aromatic rings. The van der Waals surface area contributed by atoms with Crippen molar-refractivity contribution in [2.45, 2.75) is 37.1 Å². The molecular formula is C14H20ClNO2S. The number of aliphatic hydroxyl groups is 1. The van der Waals surface area contributed by atoms with Gasteiger partial charge in [0.2, 0.25) is 5.91 Å². The van der Waals surface area contributed by atoms with Gasteiger partial charge in [0.05, 0.1) is 5.02 Å². The molecule has 0 saturated carbocycles. The van der Waals surface area contributed by atoms with Crippen molar-refractivity contribution in [1.82, 2.24) is 5.32 Å². The minimum atomic E-state index is -0.360. The molecule has 0 fully saturated rings. The first-order valence-electron chi connectivity index (χ1n) is 6.24. The van der Waals surface area contributed by atoms with Gasteiger partial charge in [-0.2, -0.15) is 0 Å². The van der Waals surface area contributed by atoms with Crippen LogP contribution in [0.4, 0.5) is 0 Å². The molecule has 0 aliphatic carbocycles. The van der Waals surface area contributed by atoms with Gasteiger partial charge in [-0.1, -0.05) is 23.7 Å². The Kier molecular flexibility index (Phi) is 6.69. The molecule has 1 rings (SSSR count). The highest BCUT2D eigenvalue weighted by Gasteiger charge is 2.19. The van der Waals surface area contributed by atoms with Crippen molar-refractivity contribution < 1.29 is 9.90 Å². The lowest BCUT2D eigenvalue weighted by Crippen LogP contribution is -2.44. The minimum Gasteiger partial charge on any atom is -0.396 e. The smallest absolute Gasteiger partial charge is 0.221 e. The van der Waals surface area contributed by atoms with Crippen LogP contribution in [0.15, 0.2) is 29.2 Å². The van der Waals surface area contributed by atoms with Crippen molar-refractivity contribution in [3.05, 3.63) is 29.3 Å². The van der Waals surface area contributed by atoms with Crippen LogP contribution in [-0.4, -0.2) is 28.9 Å². The molecule has 3 nitrogen and oxygen atoms in total. The predicted molar refractivity (Wildman–Crippen MR) is 80.7 cm³/mol. The standard InChI is InChI=1S/C14H20ClNO2S/c1-14(2,8-9-17)16-13(18)7-10-19-12-6-4-3-5-11(12)15/h3-6,17H,7-10H2,1-2H3,(H,16,18). The van der Waals surface area contributed by atoms with E-state index in [-0.39, 0.29) is 18.1 Å². The summed E-state index contributed by atoms with van der Waals surface area (Å²) in [5.41, 5.74) is -0.360. The fraction of sp³-hybridized carbons (Fsp3) is 0.500. The van der Waals surface area contributed by atoms with Gasteiger partial charge < -0.3 is 10.4 Å². The molecule has 0 unspecified atom stereocenters. The van der Waals surface area contributed by atoms with Crippen molar-refractivity contribution in [2.24, 2.45) is 0 Å². The average molecular weight is 302 g/mol. The third kappa shape index (κ3) is 6.32. The van der Waals surface area contributed by atoms with Gasteiger partial charge in [0.15, 0.2) is 0 Å². The largest absolute Gasteiger partial charge is 0.396 e. The highest BCUT2D eigenvalue weighted by molar-refractivity contribution is 7.99. The maximum atomic E-state index is 11.8. The minimum absolute atomic E-state index is 0.00185. The van der Waals surface area contributed by atoms with Crippen molar-refractivity contribution >= 4 is 29.3 Å². The lowest BCUT2D eigenvalue weighted by atomic mass is 10.0. The van der Waals surface area contributed by atoms with Crippen LogP contribution in [0, 0.1) is 0 Å². The van der Waals surface area contributed by atoms with Crippen molar-refractivity contribution in [3.8, 4) is 0 Å². The van der Waals surface area contributed by atoms with Gasteiger partial charge >= 0.3 is 0 Å². The zero-order valence-electron chi connectivity index (χ0n) is 11.3. The van der Waals surface area contributed by atoms with Crippen molar-refractivity contribution in [2.75, 3.05) is 12.4 Å². The topological polar surface area (TPSA) is 49.3 Å². The van der Waals surface area contributed by atoms with Crippen molar-refractivity contribution in [1.29, 1.82) is 0 Å². The summed E-state index contributed by atoms with van der Waals surface area (Å²) in [5, 5.41) is 12.5. The average Bonchev–Trinajstić information content (AvgIpc) is 2.30. The monoisotopic (exact) mass is 301 g/mol. The summed E-state index contributed by atoms with van der Waals surface area (Å²) in [6.07, 6.45) is 0.987. The number of halogens is 1. The van der Waals surface area contributed by atoms with Crippen LogP contribution in [0.25, 0.3) is 0 Å². The molecule has 0 aliphatic heterocycles. The summed E-state index contributed by atoms with van der Waals surface area (Å²) in [4.78, 5) is 12.8. The molecule has 0 heterocycles. The zero-order valence-corrected chi connectivity index (χ0v) is 12.9. The Morgan fingerprint density at radius 1 is 1.42 bits per heavy atom. The van der Waals surface area contributed by atoms with E-state index in [0.29, 0.717) is 23.6 Å². The van der Waals surface area contributed by atoms with E-state index in [4.69, 9.17) is 16.7 Å². The number of carbonyl (C=O) groups is 1. The summed E-state index contributed by atoms with van der Waals surface area (Å²) >= 11 is 7.61. The Balaban J connectivity index is 2.33. The number of benzene rings is 1. The molecule has 0 saturated heterocycles. The van der Waals surface area contributed by atoms with Gasteiger partial charge in [-0.25, -0.2) is 0 Å². The summed E-state index contributed by atoms with van der Waals surface area (Å²) in [7, 11) is 0. The molecular weight excluding hydrogens is 282 g/mol. The van der Waals surface area contributed by atoms with Gasteiger partial charge in [-0.15, -0.1) is 11.8 Å². The molecule has 1 aromatic carbocycles. The van der Waals surface area contributed by atoms with E-state index in [1.54, 1.807) is 11.8 Å². The SMILES string of the molecule is CC(C)(CCO)NC(=O)CCSc1ccccc1Cl. The van der Waals surface area contributed by atoms with E-state index in [1.807, 2.05) is 38.1 Å². The van der Waals surface area contributed by atoms with Crippen LogP contribution in [0.3, 0.4) is 0 Å². The number of rotatable bonds is 7. The maximum Gasteiger partial charge on any atom is 0.221 e. The molecule has 19 heavy (non-hydrogen) atoms. The van der Waals surface area contributed by atoms with E-state index < -0.39 is 0 Å². The zero-order chi connectivity index (χ0) is 14.3. The molecule has 0 aliphatic rings. The Hall–Kier alpha value is -0.710. The summed E-state index contributed by atoms with van der Waals surface area (Å²) in [6, 6.07) is 7.60. The number of hydrogen-bond donors (Lipinski definition) is 2. The number of thioether (sulfide) groups is 1. The molecule has 1 amide bonds. The molecule has 2 N–H and O–H groups in total. The van der Waals surface area contributed by atoms with Crippen LogP contribution >= 0.6 is 23.4 Å². The Morgan fingerprint density at radius 2 is 2.11 bits per heavy atom. The fourth-order valence-corrected chi connectivity index (χ4v) is 2.78. The first kappa shape index (κ1) is 16.3. The predicted octanol–water partition coefficient (Wildman–Crippen LogP) is 3.10. The number of carbonyl (C=O) groups excluding carboxylic acids is 1. The molecule has 5 heteroatoms. The Morgan fingerprint density at radius 3 is 2.74 bits per heavy atom. The van der Waals surface area contributed by atoms with Gasteiger partial charge in [0, 0.05) is 29.2 Å². The lowest BCUT2D eigenvalue weighted by molar-refractivity contribution is -0.122. The molecule has 0 radical (unpaired) electrons. The highest BCUT2D eigenvalue weighted by atomic mass is 35.5. The molecule has 106 valence electrons. The van der Waals surface area contributed by atoms with E-state index in [9.17, 15) is 4.79 Å². The van der Waals surface area contributed by atoms with Crippen LogP contribution in [-0.2, 0) is 4.79 Å². The van der Waals surface area contributed by atoms with Crippen LogP contribution in [0.2, 0.25) is 5.02 Å². The number of amides is 1. The van der Waals surface area contributed by atoms with Gasteiger partial charge in [-0.3, -0.25) is 4.79 Å². The number of nitrogens with one attached hydrogen (secondary N) is 1. The lowest BCUT2D eigenvalue weighted by Gasteiger charge is -2.25. The molecule has 0 atom stereocenters. The fourth-order valence-electron chi connectivity index (χ4n) is 1.60. The van der Waals surface area contributed by atoms with Crippen LogP contribution < -0.4 is 5.32 Å². The summed E-state index contributed by atoms with van der Waals surface area (Å²) in [6.45, 7) is 3.88. The molecule has 0 spiro atoms. The van der Waals surface area contributed by atoms with Gasteiger partial charge in [0.25, 0.3) is 0 Å². The van der Waals surface area contributed by atoms with Gasteiger partial charge in [0.1, 0.15) is 0 Å². The number of hydrogen-bond acceptors (Lipinski definition) is 3. The molecule has 0 aromatic heterocycles. The number of aliphatic hydroxyl groups excluding tert-OH is 1. The van der Waals surface area contributed by atoms with E-state index in [2.05, 4.69) is 5.32 Å². The Bertz CT molecular complexity index is 424. The van der Waals surface area contributed by atoms with E-state index in [1.165, 1.54) is 0 Å². The van der Waals surface area contributed by atoms with Crippen LogP contribution in [0.1, 0.15) is 26.7 Å². The van der Waals surface area contributed by atoms with Crippen LogP contribution in [0.5, 0.6) is 0 Å². The summed E-state index contributed by atoms with van der Waals surface area (Å²) < 4.78 is 0. The normalized spacial score (nSPS) is 11.4. The maximum absolute atomic E-state index is 11.8. The van der Waals surface area contributed by atoms with Crippen molar-refractivity contribution in [3.63, 3.8) is 0 Å². The Labute approximate surface area is 123 Å². The first-order valence-corrected chi connectivity index (χ1v) is 7.60. The van der Waals surface area contributed by atoms with Gasteiger partial charge in [-0.05, 0) is 32.4 Å². The highest BCUT2D eigenvalue weighted by Crippen LogP contribution is 2.26. The quantitative estimate of drug-likeness (QED) is 0.761. The van der Waals surface area contributed by atoms with E-state index in [0.717, 1.165) is 4.90 Å². The third-order valence-electron chi connectivity index (χ3n) is 2.64.